The average Bonchev–Trinajstić information content (AvgIpc) is 3.59. The molecule has 0 spiro atoms. The van der Waals surface area contributed by atoms with E-state index in [1.807, 2.05) is 29.3 Å². The normalized spacial score (nSPS) is 19.0. The number of carbonyl (C=O) groups is 2. The zero-order chi connectivity index (χ0) is 30.2. The van der Waals surface area contributed by atoms with Crippen LogP contribution in [-0.4, -0.2) is 100 Å². The van der Waals surface area contributed by atoms with E-state index in [0.717, 1.165) is 29.8 Å². The Hall–Kier alpha value is -4.42. The summed E-state index contributed by atoms with van der Waals surface area (Å²) < 4.78 is 22.1. The molecule has 3 N–H and O–H groups in total. The van der Waals surface area contributed by atoms with Gasteiger partial charge in [-0.15, -0.1) is 5.53 Å². The Labute approximate surface area is 256 Å². The van der Waals surface area contributed by atoms with Crippen LogP contribution in [0.5, 0.6) is 5.75 Å². The first-order chi connectivity index (χ1) is 21.5. The monoisotopic (exact) mass is 602 g/mol. The van der Waals surface area contributed by atoms with Crippen molar-refractivity contribution < 1.29 is 20.1 Å². The summed E-state index contributed by atoms with van der Waals surface area (Å²) in [4.78, 5) is 40.2. The number of nitrogens with one attached hydrogen (secondary N) is 3. The molecule has 1 saturated heterocycles. The van der Waals surface area contributed by atoms with E-state index in [-0.39, 0.29) is 18.8 Å². The number of amides is 2. The quantitative estimate of drug-likeness (QED) is 0.361. The van der Waals surface area contributed by atoms with Crippen LogP contribution < -0.4 is 15.7 Å². The number of fused-ring (bicyclic) bond motifs is 1. The molecular weight excluding hydrogens is 563 g/mol. The molecule has 0 atom stereocenters. The molecule has 1 saturated carbocycles. The first-order valence-corrected chi connectivity index (χ1v) is 15.3. The topological polar surface area (TPSA) is 109 Å². The fourth-order valence-corrected chi connectivity index (χ4v) is 6.44. The summed E-state index contributed by atoms with van der Waals surface area (Å²) in [5.74, 6) is -0.0151. The summed E-state index contributed by atoms with van der Waals surface area (Å²) >= 11 is 0. The van der Waals surface area contributed by atoms with Gasteiger partial charge in [0, 0.05) is 94.8 Å². The molecule has 4 aliphatic rings. The SMILES string of the molecule is COc1cnccc1-c1cc(C2=CCCN(C(=O)CCN3C=CNN3)C2)c(F)c2[nH]c(C(=O)N3CCN(C4CC4)CC3)cc12.[HH]. The molecule has 2 aromatic heterocycles. The predicted octanol–water partition coefficient (Wildman–Crippen LogP) is 3.35. The number of rotatable bonds is 8. The highest BCUT2D eigenvalue weighted by molar-refractivity contribution is 6.05. The molecule has 2 fully saturated rings. The molecule has 0 unspecified atom stereocenters. The van der Waals surface area contributed by atoms with Crippen LogP contribution in [0.15, 0.2) is 49.1 Å². The molecule has 7 rings (SSSR count). The number of carbonyl (C=O) groups excluding carboxylic acids is 2. The lowest BCUT2D eigenvalue weighted by Crippen LogP contribution is -2.49. The summed E-state index contributed by atoms with van der Waals surface area (Å²) in [7, 11) is 1.58. The number of H-pyrrole nitrogens is 1. The van der Waals surface area contributed by atoms with Gasteiger partial charge < -0.3 is 24.9 Å². The molecule has 3 aliphatic heterocycles. The van der Waals surface area contributed by atoms with Gasteiger partial charge in [-0.3, -0.25) is 24.5 Å². The zero-order valence-electron chi connectivity index (χ0n) is 24.8. The van der Waals surface area contributed by atoms with E-state index in [4.69, 9.17) is 4.74 Å². The van der Waals surface area contributed by atoms with Crippen molar-refractivity contribution in [3.8, 4) is 16.9 Å². The second kappa shape index (κ2) is 11.9. The lowest BCUT2D eigenvalue weighted by atomic mass is 9.93. The third kappa shape index (κ3) is 5.50. The van der Waals surface area contributed by atoms with Gasteiger partial charge in [0.05, 0.1) is 18.8 Å². The highest BCUT2D eigenvalue weighted by Gasteiger charge is 2.33. The van der Waals surface area contributed by atoms with Crippen molar-refractivity contribution >= 4 is 28.3 Å². The summed E-state index contributed by atoms with van der Waals surface area (Å²) in [5.41, 5.74) is 9.03. The molecule has 3 aromatic rings. The number of hydrazine groups is 2. The first kappa shape index (κ1) is 28.4. The number of aromatic amines is 1. The number of pyridine rings is 1. The van der Waals surface area contributed by atoms with Crippen molar-refractivity contribution in [3.05, 3.63) is 66.1 Å². The molecule has 2 amide bonds. The number of benzene rings is 1. The Morgan fingerprint density at radius 3 is 2.68 bits per heavy atom. The molecule has 1 aliphatic carbocycles. The van der Waals surface area contributed by atoms with E-state index in [2.05, 4.69) is 25.8 Å². The van der Waals surface area contributed by atoms with Gasteiger partial charge in [-0.25, -0.2) is 4.39 Å². The lowest BCUT2D eigenvalue weighted by molar-refractivity contribution is -0.131. The second-order valence-corrected chi connectivity index (χ2v) is 11.7. The fourth-order valence-electron chi connectivity index (χ4n) is 6.44. The highest BCUT2D eigenvalue weighted by atomic mass is 19.1. The van der Waals surface area contributed by atoms with Crippen LogP contribution in [0.2, 0.25) is 0 Å². The number of aromatic nitrogens is 2. The minimum atomic E-state index is -0.438. The summed E-state index contributed by atoms with van der Waals surface area (Å²) in [6, 6.07) is 6.08. The third-order valence-electron chi connectivity index (χ3n) is 9.00. The largest absolute Gasteiger partial charge is 0.494 e. The summed E-state index contributed by atoms with van der Waals surface area (Å²) in [6.45, 7) is 4.42. The molecule has 44 heavy (non-hydrogen) atoms. The minimum absolute atomic E-state index is 0. The Morgan fingerprint density at radius 2 is 1.93 bits per heavy atom. The van der Waals surface area contributed by atoms with Crippen LogP contribution >= 0.6 is 0 Å². The van der Waals surface area contributed by atoms with Crippen LogP contribution in [0.25, 0.3) is 27.6 Å². The van der Waals surface area contributed by atoms with E-state index >= 15 is 4.39 Å². The maximum atomic E-state index is 16.5. The van der Waals surface area contributed by atoms with Gasteiger partial charge in [-0.05, 0) is 48.6 Å². The van der Waals surface area contributed by atoms with E-state index < -0.39 is 5.82 Å². The minimum Gasteiger partial charge on any atom is -0.494 e. The molecule has 1 aromatic carbocycles. The van der Waals surface area contributed by atoms with Gasteiger partial charge in [-0.2, -0.15) is 0 Å². The van der Waals surface area contributed by atoms with Crippen molar-refractivity contribution in [1.82, 2.24) is 40.6 Å². The molecular formula is C32H39FN8O3. The number of piperazine rings is 1. The smallest absolute Gasteiger partial charge is 0.270 e. The number of ether oxygens (including phenoxy) is 1. The number of nitrogens with zero attached hydrogens (tertiary/aromatic N) is 5. The molecule has 0 bridgehead atoms. The Kier molecular flexibility index (Phi) is 7.69. The number of halogens is 1. The van der Waals surface area contributed by atoms with Crippen molar-refractivity contribution in [2.45, 2.75) is 31.7 Å². The predicted molar refractivity (Wildman–Crippen MR) is 167 cm³/mol. The molecule has 11 nitrogen and oxygen atoms in total. The fraction of sp³-hybridized carbons (Fsp3) is 0.406. The van der Waals surface area contributed by atoms with E-state index in [0.29, 0.717) is 74.0 Å². The molecule has 232 valence electrons. The number of hydrogen-bond acceptors (Lipinski definition) is 8. The van der Waals surface area contributed by atoms with Crippen LogP contribution in [-0.2, 0) is 4.79 Å². The Morgan fingerprint density at radius 1 is 1.09 bits per heavy atom. The van der Waals surface area contributed by atoms with Gasteiger partial charge in [0.2, 0.25) is 5.91 Å². The lowest BCUT2D eigenvalue weighted by Gasteiger charge is -2.34. The first-order valence-electron chi connectivity index (χ1n) is 15.3. The third-order valence-corrected chi connectivity index (χ3v) is 9.00. The summed E-state index contributed by atoms with van der Waals surface area (Å²) in [5, 5.41) is 2.40. The van der Waals surface area contributed by atoms with Gasteiger partial charge in [-0.1, -0.05) is 6.08 Å². The highest BCUT2D eigenvalue weighted by Crippen LogP contribution is 2.40. The van der Waals surface area contributed by atoms with Crippen molar-refractivity contribution in [2.75, 3.05) is 52.9 Å². The molecule has 5 heterocycles. The molecule has 0 radical (unpaired) electrons. The van der Waals surface area contributed by atoms with E-state index in [1.54, 1.807) is 41.7 Å². The zero-order valence-corrected chi connectivity index (χ0v) is 24.8. The van der Waals surface area contributed by atoms with E-state index in [1.165, 1.54) is 12.8 Å². The molecule has 12 heteroatoms. The van der Waals surface area contributed by atoms with Gasteiger partial charge >= 0.3 is 0 Å². The van der Waals surface area contributed by atoms with Gasteiger partial charge in [0.25, 0.3) is 5.91 Å². The summed E-state index contributed by atoms with van der Waals surface area (Å²) in [6.07, 6.45) is 12.3. The van der Waals surface area contributed by atoms with Crippen molar-refractivity contribution in [1.29, 1.82) is 0 Å². The second-order valence-electron chi connectivity index (χ2n) is 11.7. The standard InChI is InChI=1S/C32H37FN8O3.H2/c1-44-28-19-34-8-6-23(28)25-17-24(21-3-2-10-40(20-21)29(42)7-11-41-12-9-35-37-41)30(33)31-26(25)18-27(36-31)32(43)39-15-13-38(14-16-39)22-4-5-22;/h3,6,8-9,12,17-19,22,35-37H,2,4-5,7,10-11,13-16,20H2,1H3;1H. The van der Waals surface area contributed by atoms with Gasteiger partial charge in [0.1, 0.15) is 11.4 Å². The van der Waals surface area contributed by atoms with Crippen LogP contribution in [0, 0.1) is 5.82 Å². The maximum absolute atomic E-state index is 16.5. The average molecular weight is 603 g/mol. The number of hydrogen-bond donors (Lipinski definition) is 3. The van der Waals surface area contributed by atoms with E-state index in [9.17, 15) is 9.59 Å². The Balaban J connectivity index is 0.00000357. The van der Waals surface area contributed by atoms with Crippen molar-refractivity contribution in [3.63, 3.8) is 0 Å². The van der Waals surface area contributed by atoms with Crippen molar-refractivity contribution in [2.24, 2.45) is 0 Å². The van der Waals surface area contributed by atoms with Crippen LogP contribution in [0.1, 0.15) is 43.2 Å². The van der Waals surface area contributed by atoms with Crippen LogP contribution in [0.4, 0.5) is 4.39 Å². The Bertz CT molecular complexity index is 1650. The van der Waals surface area contributed by atoms with Gasteiger partial charge in [0.15, 0.2) is 5.82 Å². The van der Waals surface area contributed by atoms with Crippen LogP contribution in [0.3, 0.4) is 0 Å². The number of methoxy groups -OCH3 is 1. The maximum Gasteiger partial charge on any atom is 0.270 e.